The van der Waals surface area contributed by atoms with E-state index in [1.165, 1.54) is 0 Å². The fourth-order valence-corrected chi connectivity index (χ4v) is 4.09. The molecule has 9 nitrogen and oxygen atoms in total. The first-order valence-electron chi connectivity index (χ1n) is 12.3. The van der Waals surface area contributed by atoms with E-state index in [0.717, 1.165) is 56.6 Å². The monoisotopic (exact) mass is 473 g/mol. The number of hydrogen-bond donors (Lipinski definition) is 2. The lowest BCUT2D eigenvalue weighted by atomic mass is 9.92. The van der Waals surface area contributed by atoms with Crippen molar-refractivity contribution in [1.82, 2.24) is 20.4 Å². The minimum Gasteiger partial charge on any atom is -0.494 e. The molecular weight excluding hydrogens is 434 g/mol. The summed E-state index contributed by atoms with van der Waals surface area (Å²) >= 11 is 0. The molecule has 1 aliphatic rings. The number of amides is 1. The SMILES string of the molecule is CCN(C)Cc1nc(N2CCC(CCCOc3ccc(C(=O)N[C@H](C)CO)c(C)c3)CC2)no1. The number of aliphatic hydroxyl groups excluding tert-OH is 1. The predicted octanol–water partition coefficient (Wildman–Crippen LogP) is 3.02. The number of carbonyl (C=O) groups excluding carboxylic acids is 1. The van der Waals surface area contributed by atoms with Gasteiger partial charge in [-0.2, -0.15) is 4.98 Å². The molecule has 1 amide bonds. The lowest BCUT2D eigenvalue weighted by Crippen LogP contribution is -2.35. The maximum absolute atomic E-state index is 12.3. The van der Waals surface area contributed by atoms with Crippen molar-refractivity contribution in [1.29, 1.82) is 0 Å². The van der Waals surface area contributed by atoms with Gasteiger partial charge in [0.2, 0.25) is 5.89 Å². The standard InChI is InChI=1S/C25H39N5O4/c1-5-29(4)16-23-27-25(28-34-23)30-12-10-20(11-13-30)7-6-14-33-21-8-9-22(18(2)15-21)24(32)26-19(3)17-31/h8-9,15,19-20,31H,5-7,10-14,16-17H2,1-4H3,(H,26,32)/t19-/m1/s1. The zero-order valence-electron chi connectivity index (χ0n) is 20.9. The molecule has 3 rings (SSSR count). The first-order chi connectivity index (χ1) is 16.4. The van der Waals surface area contributed by atoms with Gasteiger partial charge in [0, 0.05) is 24.7 Å². The second-order valence-electron chi connectivity index (χ2n) is 9.27. The molecule has 0 spiro atoms. The normalized spacial score (nSPS) is 15.5. The third kappa shape index (κ3) is 7.43. The highest BCUT2D eigenvalue weighted by atomic mass is 16.5. The molecule has 188 valence electrons. The van der Waals surface area contributed by atoms with E-state index in [2.05, 4.69) is 32.2 Å². The van der Waals surface area contributed by atoms with E-state index in [0.29, 0.717) is 36.5 Å². The smallest absolute Gasteiger partial charge is 0.266 e. The van der Waals surface area contributed by atoms with Crippen molar-refractivity contribution in [2.45, 2.75) is 59.0 Å². The first-order valence-corrected chi connectivity index (χ1v) is 12.3. The molecule has 9 heteroatoms. The van der Waals surface area contributed by atoms with Crippen molar-refractivity contribution >= 4 is 11.9 Å². The molecule has 0 aliphatic carbocycles. The first kappa shape index (κ1) is 26.0. The Labute approximate surface area is 202 Å². The van der Waals surface area contributed by atoms with E-state index >= 15 is 0 Å². The number of aliphatic hydroxyl groups is 1. The molecule has 1 saturated heterocycles. The number of aryl methyl sites for hydroxylation is 1. The molecule has 0 radical (unpaired) electrons. The molecule has 2 heterocycles. The average Bonchev–Trinajstić information content (AvgIpc) is 3.30. The van der Waals surface area contributed by atoms with Gasteiger partial charge in [0.25, 0.3) is 11.9 Å². The molecule has 0 unspecified atom stereocenters. The Morgan fingerprint density at radius 2 is 2.15 bits per heavy atom. The highest BCUT2D eigenvalue weighted by molar-refractivity contribution is 5.95. The van der Waals surface area contributed by atoms with E-state index in [9.17, 15) is 4.79 Å². The number of ether oxygens (including phenoxy) is 1. The fourth-order valence-electron chi connectivity index (χ4n) is 4.09. The van der Waals surface area contributed by atoms with Crippen LogP contribution in [0.3, 0.4) is 0 Å². The summed E-state index contributed by atoms with van der Waals surface area (Å²) in [4.78, 5) is 21.2. The van der Waals surface area contributed by atoms with Crippen molar-refractivity contribution in [3.05, 3.63) is 35.2 Å². The van der Waals surface area contributed by atoms with Crippen molar-refractivity contribution in [2.24, 2.45) is 5.92 Å². The summed E-state index contributed by atoms with van der Waals surface area (Å²) in [6, 6.07) is 5.24. The van der Waals surface area contributed by atoms with Gasteiger partial charge in [0.05, 0.1) is 19.8 Å². The van der Waals surface area contributed by atoms with Gasteiger partial charge in [0.1, 0.15) is 5.75 Å². The number of nitrogens with zero attached hydrogens (tertiary/aromatic N) is 4. The number of piperidine rings is 1. The molecular formula is C25H39N5O4. The van der Waals surface area contributed by atoms with Gasteiger partial charge in [0.15, 0.2) is 0 Å². The summed E-state index contributed by atoms with van der Waals surface area (Å²) in [6.45, 7) is 9.87. The zero-order chi connectivity index (χ0) is 24.5. The molecule has 1 aromatic carbocycles. The summed E-state index contributed by atoms with van der Waals surface area (Å²) in [5.41, 5.74) is 1.46. The number of anilines is 1. The average molecular weight is 474 g/mol. The molecule has 0 bridgehead atoms. The summed E-state index contributed by atoms with van der Waals surface area (Å²) in [6.07, 6.45) is 4.36. The van der Waals surface area contributed by atoms with Crippen LogP contribution in [0.1, 0.15) is 61.3 Å². The second kappa shape index (κ2) is 12.7. The Bertz CT molecular complexity index is 910. The summed E-state index contributed by atoms with van der Waals surface area (Å²) in [7, 11) is 2.04. The number of benzene rings is 1. The Kier molecular flexibility index (Phi) is 9.71. The quantitative estimate of drug-likeness (QED) is 0.454. The van der Waals surface area contributed by atoms with Crippen LogP contribution < -0.4 is 15.0 Å². The van der Waals surface area contributed by atoms with Crippen LogP contribution >= 0.6 is 0 Å². The maximum Gasteiger partial charge on any atom is 0.266 e. The maximum atomic E-state index is 12.3. The number of nitrogens with one attached hydrogen (secondary N) is 1. The summed E-state index contributed by atoms with van der Waals surface area (Å²) in [5, 5.41) is 16.0. The van der Waals surface area contributed by atoms with Crippen LogP contribution in [0.15, 0.2) is 22.7 Å². The number of carbonyl (C=O) groups is 1. The van der Waals surface area contributed by atoms with Crippen molar-refractivity contribution in [3.63, 3.8) is 0 Å². The molecule has 2 aromatic rings. The van der Waals surface area contributed by atoms with Gasteiger partial charge in [-0.25, -0.2) is 0 Å². The van der Waals surface area contributed by atoms with Gasteiger partial charge in [-0.1, -0.05) is 6.92 Å². The molecule has 1 fully saturated rings. The van der Waals surface area contributed by atoms with Crippen LogP contribution in [0.4, 0.5) is 5.95 Å². The Hall–Kier alpha value is -2.65. The minimum absolute atomic E-state index is 0.0834. The third-order valence-corrected chi connectivity index (χ3v) is 6.42. The Morgan fingerprint density at radius 1 is 1.38 bits per heavy atom. The largest absolute Gasteiger partial charge is 0.494 e. The number of hydrogen-bond acceptors (Lipinski definition) is 8. The van der Waals surface area contributed by atoms with Crippen LogP contribution in [-0.4, -0.2) is 72.0 Å². The van der Waals surface area contributed by atoms with Crippen molar-refractivity contribution < 1.29 is 19.2 Å². The van der Waals surface area contributed by atoms with Crippen LogP contribution in [0.5, 0.6) is 5.75 Å². The molecule has 1 aromatic heterocycles. The lowest BCUT2D eigenvalue weighted by molar-refractivity contribution is 0.0921. The van der Waals surface area contributed by atoms with E-state index in [1.807, 2.05) is 26.1 Å². The second-order valence-corrected chi connectivity index (χ2v) is 9.27. The summed E-state index contributed by atoms with van der Waals surface area (Å²) < 4.78 is 11.3. The van der Waals surface area contributed by atoms with Crippen LogP contribution in [0.2, 0.25) is 0 Å². The van der Waals surface area contributed by atoms with Gasteiger partial charge < -0.3 is 24.6 Å². The minimum atomic E-state index is -0.271. The van der Waals surface area contributed by atoms with E-state index < -0.39 is 0 Å². The number of aromatic nitrogens is 2. The highest BCUT2D eigenvalue weighted by Crippen LogP contribution is 2.25. The number of rotatable bonds is 12. The Morgan fingerprint density at radius 3 is 2.82 bits per heavy atom. The van der Waals surface area contributed by atoms with Crippen molar-refractivity contribution in [3.8, 4) is 5.75 Å². The summed E-state index contributed by atoms with van der Waals surface area (Å²) in [5.74, 6) is 2.66. The van der Waals surface area contributed by atoms with Gasteiger partial charge in [-0.15, -0.1) is 0 Å². The Balaban J connectivity index is 1.36. The molecule has 1 aliphatic heterocycles. The highest BCUT2D eigenvalue weighted by Gasteiger charge is 2.22. The van der Waals surface area contributed by atoms with Crippen LogP contribution in [0.25, 0.3) is 0 Å². The molecule has 2 N–H and O–H groups in total. The van der Waals surface area contributed by atoms with Crippen molar-refractivity contribution in [2.75, 3.05) is 44.8 Å². The van der Waals surface area contributed by atoms with Gasteiger partial charge in [-0.3, -0.25) is 9.69 Å². The topological polar surface area (TPSA) is 104 Å². The van der Waals surface area contributed by atoms with E-state index in [-0.39, 0.29) is 18.6 Å². The molecule has 0 saturated carbocycles. The molecule has 34 heavy (non-hydrogen) atoms. The fraction of sp³-hybridized carbons (Fsp3) is 0.640. The van der Waals surface area contributed by atoms with Gasteiger partial charge in [-0.05, 0) is 88.0 Å². The van der Waals surface area contributed by atoms with Gasteiger partial charge >= 0.3 is 0 Å². The van der Waals surface area contributed by atoms with Crippen LogP contribution in [-0.2, 0) is 6.54 Å². The lowest BCUT2D eigenvalue weighted by Gasteiger charge is -2.30. The molecule has 1 atom stereocenters. The van der Waals surface area contributed by atoms with E-state index in [4.69, 9.17) is 14.4 Å². The predicted molar refractivity (Wildman–Crippen MR) is 131 cm³/mol. The van der Waals surface area contributed by atoms with E-state index in [1.54, 1.807) is 13.0 Å². The van der Waals surface area contributed by atoms with Crippen LogP contribution in [0, 0.1) is 12.8 Å². The zero-order valence-corrected chi connectivity index (χ0v) is 20.9. The third-order valence-electron chi connectivity index (χ3n) is 6.42.